The molecule has 0 radical (unpaired) electrons. The highest BCUT2D eigenvalue weighted by Gasteiger charge is 2.27. The largest absolute Gasteiger partial charge is 0.348 e. The summed E-state index contributed by atoms with van der Waals surface area (Å²) in [4.78, 5) is 17.2. The maximum atomic E-state index is 13.1. The van der Waals surface area contributed by atoms with Crippen molar-refractivity contribution in [1.82, 2.24) is 25.3 Å². The Bertz CT molecular complexity index is 923. The Morgan fingerprint density at radius 1 is 1.11 bits per heavy atom. The van der Waals surface area contributed by atoms with Gasteiger partial charge in [-0.05, 0) is 36.5 Å². The molecule has 1 N–H and O–H groups in total. The van der Waals surface area contributed by atoms with Crippen LogP contribution in [0.2, 0.25) is 0 Å². The lowest BCUT2D eigenvalue weighted by molar-refractivity contribution is 0.0906. The lowest BCUT2D eigenvalue weighted by Gasteiger charge is -2.29. The molecule has 0 unspecified atom stereocenters. The van der Waals surface area contributed by atoms with Crippen LogP contribution in [0.15, 0.2) is 54.9 Å². The number of pyridine rings is 1. The molecule has 1 aliphatic carbocycles. The number of carbonyl (C=O) groups is 1. The topological polar surface area (TPSA) is 72.7 Å². The van der Waals surface area contributed by atoms with E-state index < -0.39 is 0 Å². The molecule has 1 aromatic carbocycles. The van der Waals surface area contributed by atoms with E-state index in [2.05, 4.69) is 27.5 Å². The fraction of sp³-hybridized carbons (Fsp3) is 0.364. The average molecular weight is 375 g/mol. The second kappa shape index (κ2) is 8.33. The third-order valence-corrected chi connectivity index (χ3v) is 5.51. The minimum Gasteiger partial charge on any atom is -0.348 e. The molecule has 4 rings (SSSR count). The molecule has 3 aromatic rings. The number of aromatic nitrogens is 4. The van der Waals surface area contributed by atoms with Crippen LogP contribution in [0.25, 0.3) is 11.3 Å². The highest BCUT2D eigenvalue weighted by Crippen LogP contribution is 2.26. The molecule has 2 atom stereocenters. The zero-order chi connectivity index (χ0) is 19.3. The van der Waals surface area contributed by atoms with E-state index in [0.29, 0.717) is 18.2 Å². The summed E-state index contributed by atoms with van der Waals surface area (Å²) >= 11 is 0. The number of hydrogen-bond donors (Lipinski definition) is 1. The van der Waals surface area contributed by atoms with Crippen molar-refractivity contribution >= 4 is 5.91 Å². The molecule has 28 heavy (non-hydrogen) atoms. The fourth-order valence-corrected chi connectivity index (χ4v) is 3.90. The van der Waals surface area contributed by atoms with Gasteiger partial charge in [-0.3, -0.25) is 9.78 Å². The van der Waals surface area contributed by atoms with Gasteiger partial charge < -0.3 is 5.32 Å². The maximum absolute atomic E-state index is 13.1. The first kappa shape index (κ1) is 18.3. The summed E-state index contributed by atoms with van der Waals surface area (Å²) in [5, 5.41) is 11.8. The van der Waals surface area contributed by atoms with E-state index in [1.54, 1.807) is 17.1 Å². The van der Waals surface area contributed by atoms with Crippen molar-refractivity contribution in [3.63, 3.8) is 0 Å². The van der Waals surface area contributed by atoms with Crippen molar-refractivity contribution < 1.29 is 4.79 Å². The van der Waals surface area contributed by atoms with E-state index in [1.807, 2.05) is 42.5 Å². The van der Waals surface area contributed by atoms with Gasteiger partial charge in [0.05, 0.1) is 6.54 Å². The number of hydrogen-bond acceptors (Lipinski definition) is 4. The normalized spacial score (nSPS) is 19.3. The minimum absolute atomic E-state index is 0.148. The molecule has 6 nitrogen and oxygen atoms in total. The molecule has 6 heteroatoms. The van der Waals surface area contributed by atoms with E-state index in [1.165, 1.54) is 6.42 Å². The molecule has 2 heterocycles. The number of rotatable bonds is 5. The van der Waals surface area contributed by atoms with E-state index >= 15 is 0 Å². The Hall–Kier alpha value is -3.02. The van der Waals surface area contributed by atoms with Gasteiger partial charge in [0.25, 0.3) is 5.91 Å². The van der Waals surface area contributed by atoms with E-state index in [9.17, 15) is 4.79 Å². The van der Waals surface area contributed by atoms with Gasteiger partial charge in [0.1, 0.15) is 5.69 Å². The average Bonchev–Trinajstić information content (AvgIpc) is 3.15. The van der Waals surface area contributed by atoms with Gasteiger partial charge in [-0.1, -0.05) is 55.3 Å². The highest BCUT2D eigenvalue weighted by molar-refractivity contribution is 5.98. The Labute approximate surface area is 165 Å². The maximum Gasteiger partial charge on any atom is 0.274 e. The van der Waals surface area contributed by atoms with Crippen molar-refractivity contribution in [2.45, 2.75) is 45.2 Å². The second-order valence-corrected chi connectivity index (χ2v) is 7.51. The van der Waals surface area contributed by atoms with Gasteiger partial charge in [0.15, 0.2) is 5.69 Å². The summed E-state index contributed by atoms with van der Waals surface area (Å²) < 4.78 is 1.80. The van der Waals surface area contributed by atoms with Crippen molar-refractivity contribution in [2.24, 2.45) is 5.92 Å². The van der Waals surface area contributed by atoms with Crippen LogP contribution < -0.4 is 5.32 Å². The van der Waals surface area contributed by atoms with E-state index in [4.69, 9.17) is 0 Å². The smallest absolute Gasteiger partial charge is 0.274 e. The van der Waals surface area contributed by atoms with Gasteiger partial charge in [0.2, 0.25) is 0 Å². The number of amides is 1. The Morgan fingerprint density at radius 3 is 2.61 bits per heavy atom. The van der Waals surface area contributed by atoms with Crippen LogP contribution in [0.5, 0.6) is 0 Å². The summed E-state index contributed by atoms with van der Waals surface area (Å²) in [5.41, 5.74) is 3.10. The summed E-state index contributed by atoms with van der Waals surface area (Å²) in [6.07, 6.45) is 8.02. The van der Waals surface area contributed by atoms with Gasteiger partial charge >= 0.3 is 0 Å². The van der Waals surface area contributed by atoms with Gasteiger partial charge in [-0.15, -0.1) is 5.10 Å². The zero-order valence-electron chi connectivity index (χ0n) is 16.1. The summed E-state index contributed by atoms with van der Waals surface area (Å²) in [6.45, 7) is 2.76. The molecule has 1 amide bonds. The molecule has 0 saturated heterocycles. The number of carbonyl (C=O) groups excluding carboxylic acids is 1. The molecule has 0 spiro atoms. The Kier molecular flexibility index (Phi) is 5.46. The molecule has 1 aliphatic rings. The van der Waals surface area contributed by atoms with Gasteiger partial charge in [-0.25, -0.2) is 4.68 Å². The molecule has 0 aliphatic heterocycles. The number of nitrogens with one attached hydrogen (secondary N) is 1. The molecule has 1 saturated carbocycles. The van der Waals surface area contributed by atoms with Crippen LogP contribution in [0.3, 0.4) is 0 Å². The molecule has 0 bridgehead atoms. The summed E-state index contributed by atoms with van der Waals surface area (Å²) in [6, 6.07) is 14.0. The number of nitrogens with zero attached hydrogens (tertiary/aromatic N) is 4. The van der Waals surface area contributed by atoms with Gasteiger partial charge in [-0.2, -0.15) is 0 Å². The zero-order valence-corrected chi connectivity index (χ0v) is 16.1. The first-order valence-electron chi connectivity index (χ1n) is 9.91. The van der Waals surface area contributed by atoms with E-state index in [0.717, 1.165) is 36.1 Å². The summed E-state index contributed by atoms with van der Waals surface area (Å²) in [5.74, 6) is 0.339. The van der Waals surface area contributed by atoms with Crippen molar-refractivity contribution in [1.29, 1.82) is 0 Å². The molecule has 144 valence electrons. The van der Waals surface area contributed by atoms with Crippen molar-refractivity contribution in [3.05, 3.63) is 66.1 Å². The second-order valence-electron chi connectivity index (χ2n) is 7.51. The van der Waals surface area contributed by atoms with Crippen LogP contribution in [0.1, 0.15) is 48.7 Å². The predicted octanol–water partition coefficient (Wildman–Crippen LogP) is 3.70. The third kappa shape index (κ3) is 3.96. The third-order valence-electron chi connectivity index (χ3n) is 5.51. The molecular formula is C22H25N5O. The Balaban J connectivity index is 1.66. The SMILES string of the molecule is C[C@@H]1CCCC[C@H]1NC(=O)c1nnn(Cc2ccccc2)c1-c1ccncc1. The van der Waals surface area contributed by atoms with Crippen molar-refractivity contribution in [3.8, 4) is 11.3 Å². The van der Waals surface area contributed by atoms with E-state index in [-0.39, 0.29) is 11.9 Å². The highest BCUT2D eigenvalue weighted by atomic mass is 16.2. The minimum atomic E-state index is -0.148. The quantitative estimate of drug-likeness (QED) is 0.738. The van der Waals surface area contributed by atoms with Crippen LogP contribution >= 0.6 is 0 Å². The van der Waals surface area contributed by atoms with Crippen LogP contribution in [0, 0.1) is 5.92 Å². The molecule has 2 aromatic heterocycles. The predicted molar refractivity (Wildman–Crippen MR) is 108 cm³/mol. The standard InChI is InChI=1S/C22H25N5O/c1-16-7-5-6-10-19(16)24-22(28)20-21(18-11-13-23-14-12-18)27(26-25-20)15-17-8-3-2-4-9-17/h2-4,8-9,11-14,16,19H,5-7,10,15H2,1H3,(H,24,28)/t16-,19-/m1/s1. The first-order valence-corrected chi connectivity index (χ1v) is 9.91. The van der Waals surface area contributed by atoms with Gasteiger partial charge in [0, 0.05) is 24.0 Å². The van der Waals surface area contributed by atoms with Crippen LogP contribution in [0.4, 0.5) is 0 Å². The lowest BCUT2D eigenvalue weighted by Crippen LogP contribution is -2.41. The van der Waals surface area contributed by atoms with Crippen LogP contribution in [-0.4, -0.2) is 31.9 Å². The Morgan fingerprint density at radius 2 is 1.86 bits per heavy atom. The summed E-state index contributed by atoms with van der Waals surface area (Å²) in [7, 11) is 0. The monoisotopic (exact) mass is 375 g/mol. The van der Waals surface area contributed by atoms with Crippen molar-refractivity contribution in [2.75, 3.05) is 0 Å². The lowest BCUT2D eigenvalue weighted by atomic mass is 9.86. The first-order chi connectivity index (χ1) is 13.7. The molecular weight excluding hydrogens is 350 g/mol. The number of benzene rings is 1. The fourth-order valence-electron chi connectivity index (χ4n) is 3.90. The van der Waals surface area contributed by atoms with Crippen LogP contribution in [-0.2, 0) is 6.54 Å². The molecule has 1 fully saturated rings.